The largest absolute Gasteiger partial charge is 0.391 e. The van der Waals surface area contributed by atoms with E-state index >= 15 is 0 Å². The Morgan fingerprint density at radius 1 is 1.30 bits per heavy atom. The van der Waals surface area contributed by atoms with Crippen LogP contribution in [0.5, 0.6) is 0 Å². The Morgan fingerprint density at radius 3 is 2.87 bits per heavy atom. The van der Waals surface area contributed by atoms with Crippen LogP contribution in [-0.4, -0.2) is 64.1 Å². The van der Waals surface area contributed by atoms with Crippen LogP contribution in [-0.2, 0) is 11.3 Å². The monoisotopic (exact) mass is 318 g/mol. The van der Waals surface area contributed by atoms with Gasteiger partial charge in [0.05, 0.1) is 6.10 Å². The van der Waals surface area contributed by atoms with E-state index < -0.39 is 6.10 Å². The van der Waals surface area contributed by atoms with Crippen molar-refractivity contribution in [1.82, 2.24) is 14.8 Å². The van der Waals surface area contributed by atoms with Crippen LogP contribution in [0.15, 0.2) is 24.5 Å². The van der Waals surface area contributed by atoms with E-state index in [2.05, 4.69) is 16.0 Å². The van der Waals surface area contributed by atoms with E-state index in [4.69, 9.17) is 5.73 Å². The van der Waals surface area contributed by atoms with Crippen LogP contribution in [0.2, 0.25) is 0 Å². The minimum atomic E-state index is -0.530. The van der Waals surface area contributed by atoms with Gasteiger partial charge < -0.3 is 15.7 Å². The summed E-state index contributed by atoms with van der Waals surface area (Å²) < 4.78 is 0. The van der Waals surface area contributed by atoms with Gasteiger partial charge in [-0.05, 0) is 30.9 Å². The summed E-state index contributed by atoms with van der Waals surface area (Å²) in [5.74, 6) is 0.0603. The van der Waals surface area contributed by atoms with Crippen molar-refractivity contribution in [3.63, 3.8) is 0 Å². The summed E-state index contributed by atoms with van der Waals surface area (Å²) in [6, 6.07) is 3.79. The Bertz CT molecular complexity index is 515. The van der Waals surface area contributed by atoms with Gasteiger partial charge in [0.15, 0.2) is 0 Å². The smallest absolute Gasteiger partial charge is 0.225 e. The summed E-state index contributed by atoms with van der Waals surface area (Å²) in [4.78, 5) is 21.1. The highest BCUT2D eigenvalue weighted by Crippen LogP contribution is 2.27. The van der Waals surface area contributed by atoms with E-state index in [9.17, 15) is 9.90 Å². The molecule has 1 aliphatic carbocycles. The summed E-state index contributed by atoms with van der Waals surface area (Å²) in [6.45, 7) is 4.29. The molecule has 126 valence electrons. The van der Waals surface area contributed by atoms with Crippen molar-refractivity contribution in [2.75, 3.05) is 26.2 Å². The van der Waals surface area contributed by atoms with Gasteiger partial charge in [0.25, 0.3) is 0 Å². The third-order valence-electron chi connectivity index (χ3n) is 4.96. The molecule has 2 fully saturated rings. The fraction of sp³-hybridized carbons (Fsp3) is 0.647. The lowest BCUT2D eigenvalue weighted by atomic mass is 10.1. The molecule has 6 heteroatoms. The van der Waals surface area contributed by atoms with Crippen LogP contribution < -0.4 is 5.73 Å². The predicted octanol–water partition coefficient (Wildman–Crippen LogP) is 0.214. The van der Waals surface area contributed by atoms with Crippen LogP contribution in [0.4, 0.5) is 0 Å². The Balaban J connectivity index is 1.53. The topological polar surface area (TPSA) is 82.7 Å². The number of nitrogens with two attached hydrogens (primary N) is 1. The molecule has 1 saturated carbocycles. The minimum absolute atomic E-state index is 0.107. The number of aromatic nitrogens is 1. The highest BCUT2D eigenvalue weighted by atomic mass is 16.3. The lowest BCUT2D eigenvalue weighted by Crippen LogP contribution is -2.38. The third kappa shape index (κ3) is 4.07. The van der Waals surface area contributed by atoms with E-state index in [0.717, 1.165) is 39.1 Å². The molecule has 0 bridgehead atoms. The van der Waals surface area contributed by atoms with Crippen molar-refractivity contribution in [2.24, 2.45) is 11.7 Å². The SMILES string of the molecule is N[C@H]1C[C@H](C(=O)N2CCCN(Cc3cccnc3)CC2)C[C@@H]1O. The van der Waals surface area contributed by atoms with Gasteiger partial charge in [0.2, 0.25) is 5.91 Å². The van der Waals surface area contributed by atoms with Crippen LogP contribution in [0.25, 0.3) is 0 Å². The number of aliphatic hydroxyl groups is 1. The van der Waals surface area contributed by atoms with E-state index in [-0.39, 0.29) is 17.9 Å². The summed E-state index contributed by atoms with van der Waals surface area (Å²) >= 11 is 0. The highest BCUT2D eigenvalue weighted by Gasteiger charge is 2.37. The first-order chi connectivity index (χ1) is 11.1. The summed E-state index contributed by atoms with van der Waals surface area (Å²) in [7, 11) is 0. The molecule has 0 radical (unpaired) electrons. The van der Waals surface area contributed by atoms with Gasteiger partial charge in [0, 0.05) is 57.1 Å². The number of carbonyl (C=O) groups excluding carboxylic acids is 1. The molecule has 1 amide bonds. The minimum Gasteiger partial charge on any atom is -0.391 e. The number of nitrogens with zero attached hydrogens (tertiary/aromatic N) is 3. The van der Waals surface area contributed by atoms with Gasteiger partial charge in [-0.3, -0.25) is 14.7 Å². The van der Waals surface area contributed by atoms with E-state index in [1.807, 2.05) is 17.2 Å². The molecule has 0 unspecified atom stereocenters. The summed E-state index contributed by atoms with van der Waals surface area (Å²) in [6.07, 6.45) is 5.25. The van der Waals surface area contributed by atoms with Crippen molar-refractivity contribution in [2.45, 2.75) is 38.0 Å². The molecular weight excluding hydrogens is 292 g/mol. The maximum atomic E-state index is 12.6. The second-order valence-corrected chi connectivity index (χ2v) is 6.72. The molecule has 23 heavy (non-hydrogen) atoms. The van der Waals surface area contributed by atoms with Crippen molar-refractivity contribution in [1.29, 1.82) is 0 Å². The summed E-state index contributed by atoms with van der Waals surface area (Å²) in [5.41, 5.74) is 7.05. The number of carbonyl (C=O) groups is 1. The van der Waals surface area contributed by atoms with E-state index in [1.54, 1.807) is 6.20 Å². The van der Waals surface area contributed by atoms with E-state index in [0.29, 0.717) is 12.8 Å². The van der Waals surface area contributed by atoms with Gasteiger partial charge in [-0.15, -0.1) is 0 Å². The summed E-state index contributed by atoms with van der Waals surface area (Å²) in [5, 5.41) is 9.77. The molecule has 1 aliphatic heterocycles. The van der Waals surface area contributed by atoms with Gasteiger partial charge in [-0.1, -0.05) is 6.07 Å². The van der Waals surface area contributed by atoms with Gasteiger partial charge in [-0.2, -0.15) is 0 Å². The quantitative estimate of drug-likeness (QED) is 0.833. The second-order valence-electron chi connectivity index (χ2n) is 6.72. The van der Waals surface area contributed by atoms with Crippen molar-refractivity contribution < 1.29 is 9.90 Å². The molecule has 1 saturated heterocycles. The molecule has 3 rings (SSSR count). The van der Waals surface area contributed by atoms with Crippen molar-refractivity contribution in [3.05, 3.63) is 30.1 Å². The fourth-order valence-electron chi connectivity index (χ4n) is 3.61. The Kier molecular flexibility index (Phi) is 5.25. The molecule has 2 heterocycles. The Labute approximate surface area is 137 Å². The molecule has 0 spiro atoms. The zero-order valence-electron chi connectivity index (χ0n) is 13.5. The van der Waals surface area contributed by atoms with E-state index in [1.165, 1.54) is 5.56 Å². The average Bonchev–Trinajstić information content (AvgIpc) is 2.76. The molecule has 1 aromatic heterocycles. The third-order valence-corrected chi connectivity index (χ3v) is 4.96. The molecular formula is C17H26N4O2. The number of aliphatic hydroxyl groups excluding tert-OH is 1. The highest BCUT2D eigenvalue weighted by molar-refractivity contribution is 5.79. The van der Waals surface area contributed by atoms with Crippen molar-refractivity contribution in [3.8, 4) is 0 Å². The number of hydrogen-bond acceptors (Lipinski definition) is 5. The van der Waals surface area contributed by atoms with Crippen molar-refractivity contribution >= 4 is 5.91 Å². The van der Waals surface area contributed by atoms with Crippen LogP contribution in [0.3, 0.4) is 0 Å². The van der Waals surface area contributed by atoms with Crippen LogP contribution >= 0.6 is 0 Å². The van der Waals surface area contributed by atoms with Gasteiger partial charge in [-0.25, -0.2) is 0 Å². The van der Waals surface area contributed by atoms with Gasteiger partial charge in [0.1, 0.15) is 0 Å². The molecule has 3 N–H and O–H groups in total. The predicted molar refractivity (Wildman–Crippen MR) is 87.4 cm³/mol. The first-order valence-corrected chi connectivity index (χ1v) is 8.47. The van der Waals surface area contributed by atoms with Gasteiger partial charge >= 0.3 is 0 Å². The Hall–Kier alpha value is -1.50. The standard InChI is InChI=1S/C17H26N4O2/c18-15-9-14(10-16(15)22)17(23)21-6-2-5-20(7-8-21)12-13-3-1-4-19-11-13/h1,3-4,11,14-16,22H,2,5-10,12,18H2/t14-,15-,16-/m0/s1. The molecule has 3 atom stereocenters. The lowest BCUT2D eigenvalue weighted by molar-refractivity contribution is -0.135. The maximum absolute atomic E-state index is 12.6. The molecule has 6 nitrogen and oxygen atoms in total. The number of rotatable bonds is 3. The van der Waals surface area contributed by atoms with Crippen LogP contribution in [0, 0.1) is 5.92 Å². The average molecular weight is 318 g/mol. The number of hydrogen-bond donors (Lipinski definition) is 2. The first kappa shape index (κ1) is 16.4. The Morgan fingerprint density at radius 2 is 2.17 bits per heavy atom. The zero-order valence-corrected chi connectivity index (χ0v) is 13.5. The molecule has 1 aromatic rings. The fourth-order valence-corrected chi connectivity index (χ4v) is 3.61. The molecule has 2 aliphatic rings. The normalized spacial score (nSPS) is 29.5. The number of amides is 1. The first-order valence-electron chi connectivity index (χ1n) is 8.47. The van der Waals surface area contributed by atoms with Crippen LogP contribution in [0.1, 0.15) is 24.8 Å². The zero-order chi connectivity index (χ0) is 16.2. The second kappa shape index (κ2) is 7.38. The maximum Gasteiger partial charge on any atom is 0.225 e. The lowest BCUT2D eigenvalue weighted by Gasteiger charge is -2.24. The number of pyridine rings is 1. The molecule has 0 aromatic carbocycles.